The fourth-order valence-electron chi connectivity index (χ4n) is 1.77. The largest absolute Gasteiger partial charge is 0.469 e. The standard InChI is InChI=1S/C15H21BrN2O3/c1-17(2)9-10-18(8-7-14(19)21-3)15(20)12-5-4-6-13(16)11-12/h4-6,11H,7-10H2,1-3H3. The zero-order chi connectivity index (χ0) is 15.8. The lowest BCUT2D eigenvalue weighted by atomic mass is 10.2. The Morgan fingerprint density at radius 1 is 1.19 bits per heavy atom. The highest BCUT2D eigenvalue weighted by atomic mass is 79.9. The third-order valence-corrected chi connectivity index (χ3v) is 3.48. The second-order valence-electron chi connectivity index (χ2n) is 4.93. The molecule has 0 saturated heterocycles. The van der Waals surface area contributed by atoms with E-state index in [2.05, 4.69) is 20.7 Å². The average Bonchev–Trinajstić information content (AvgIpc) is 2.46. The van der Waals surface area contributed by atoms with E-state index < -0.39 is 0 Å². The predicted molar refractivity (Wildman–Crippen MR) is 85.2 cm³/mol. The van der Waals surface area contributed by atoms with Crippen LogP contribution in [0.25, 0.3) is 0 Å². The number of ether oxygens (including phenoxy) is 1. The summed E-state index contributed by atoms with van der Waals surface area (Å²) in [5, 5.41) is 0. The van der Waals surface area contributed by atoms with Crippen LogP contribution in [-0.2, 0) is 9.53 Å². The van der Waals surface area contributed by atoms with Crippen LogP contribution in [0.5, 0.6) is 0 Å². The number of hydrogen-bond acceptors (Lipinski definition) is 4. The fourth-order valence-corrected chi connectivity index (χ4v) is 2.17. The minimum absolute atomic E-state index is 0.0814. The zero-order valence-electron chi connectivity index (χ0n) is 12.6. The Morgan fingerprint density at radius 2 is 1.90 bits per heavy atom. The summed E-state index contributed by atoms with van der Waals surface area (Å²) in [6.45, 7) is 1.65. The monoisotopic (exact) mass is 356 g/mol. The van der Waals surface area contributed by atoms with E-state index in [1.807, 2.05) is 31.1 Å². The smallest absolute Gasteiger partial charge is 0.307 e. The van der Waals surface area contributed by atoms with Gasteiger partial charge in [0.25, 0.3) is 5.91 Å². The van der Waals surface area contributed by atoms with Gasteiger partial charge in [0.15, 0.2) is 0 Å². The van der Waals surface area contributed by atoms with Crippen LogP contribution in [0.1, 0.15) is 16.8 Å². The van der Waals surface area contributed by atoms with Gasteiger partial charge in [-0.3, -0.25) is 9.59 Å². The Bertz CT molecular complexity index is 492. The van der Waals surface area contributed by atoms with Gasteiger partial charge in [0.2, 0.25) is 0 Å². The molecule has 0 spiro atoms. The molecule has 1 rings (SSSR count). The number of amides is 1. The molecule has 0 heterocycles. The number of methoxy groups -OCH3 is 1. The average molecular weight is 357 g/mol. The summed E-state index contributed by atoms with van der Waals surface area (Å²) in [5.74, 6) is -0.394. The first kappa shape index (κ1) is 17.7. The van der Waals surface area contributed by atoms with Gasteiger partial charge in [-0.25, -0.2) is 0 Å². The lowest BCUT2D eigenvalue weighted by Crippen LogP contribution is -2.38. The lowest BCUT2D eigenvalue weighted by Gasteiger charge is -2.24. The summed E-state index contributed by atoms with van der Waals surface area (Å²) in [4.78, 5) is 27.5. The maximum atomic E-state index is 12.5. The highest BCUT2D eigenvalue weighted by Gasteiger charge is 2.17. The Morgan fingerprint density at radius 3 is 2.48 bits per heavy atom. The molecule has 5 nitrogen and oxygen atoms in total. The summed E-state index contributed by atoms with van der Waals surface area (Å²) < 4.78 is 5.49. The van der Waals surface area contributed by atoms with Crippen LogP contribution in [0.3, 0.4) is 0 Å². The van der Waals surface area contributed by atoms with E-state index in [9.17, 15) is 9.59 Å². The normalized spacial score (nSPS) is 10.5. The summed E-state index contributed by atoms with van der Waals surface area (Å²) in [6, 6.07) is 7.24. The van der Waals surface area contributed by atoms with E-state index in [4.69, 9.17) is 0 Å². The van der Waals surface area contributed by atoms with Crippen molar-refractivity contribution in [3.05, 3.63) is 34.3 Å². The first-order valence-electron chi connectivity index (χ1n) is 6.70. The Balaban J connectivity index is 2.78. The van der Waals surface area contributed by atoms with Gasteiger partial charge in [0.05, 0.1) is 13.5 Å². The molecule has 0 aliphatic rings. The van der Waals surface area contributed by atoms with Gasteiger partial charge in [0.1, 0.15) is 0 Å². The molecule has 0 atom stereocenters. The zero-order valence-corrected chi connectivity index (χ0v) is 14.2. The van der Waals surface area contributed by atoms with Gasteiger partial charge in [-0.1, -0.05) is 22.0 Å². The molecule has 0 fully saturated rings. The quantitative estimate of drug-likeness (QED) is 0.701. The van der Waals surface area contributed by atoms with E-state index in [-0.39, 0.29) is 18.3 Å². The van der Waals surface area contributed by atoms with E-state index in [1.165, 1.54) is 7.11 Å². The molecule has 0 radical (unpaired) electrons. The minimum atomic E-state index is -0.313. The van der Waals surface area contributed by atoms with Crippen molar-refractivity contribution in [3.63, 3.8) is 0 Å². The number of carbonyl (C=O) groups excluding carboxylic acids is 2. The highest BCUT2D eigenvalue weighted by Crippen LogP contribution is 2.14. The third-order valence-electron chi connectivity index (χ3n) is 2.99. The second kappa shape index (κ2) is 8.79. The van der Waals surface area contributed by atoms with Crippen LogP contribution in [0.2, 0.25) is 0 Å². The fraction of sp³-hybridized carbons (Fsp3) is 0.467. The number of esters is 1. The van der Waals surface area contributed by atoms with Crippen molar-refractivity contribution < 1.29 is 14.3 Å². The SMILES string of the molecule is COC(=O)CCN(CCN(C)C)C(=O)c1cccc(Br)c1. The summed E-state index contributed by atoms with van der Waals surface area (Å²) in [7, 11) is 5.24. The van der Waals surface area contributed by atoms with Crippen LogP contribution in [0, 0.1) is 0 Å². The Hall–Kier alpha value is -1.40. The maximum Gasteiger partial charge on any atom is 0.307 e. The number of halogens is 1. The molecule has 0 aliphatic heterocycles. The number of benzene rings is 1. The second-order valence-corrected chi connectivity index (χ2v) is 5.85. The van der Waals surface area contributed by atoms with Crippen molar-refractivity contribution in [2.24, 2.45) is 0 Å². The molecule has 0 bridgehead atoms. The van der Waals surface area contributed by atoms with Crippen LogP contribution < -0.4 is 0 Å². The Labute approximate surface area is 134 Å². The highest BCUT2D eigenvalue weighted by molar-refractivity contribution is 9.10. The first-order valence-corrected chi connectivity index (χ1v) is 7.49. The van der Waals surface area contributed by atoms with Crippen molar-refractivity contribution in [2.45, 2.75) is 6.42 Å². The number of carbonyl (C=O) groups is 2. The van der Waals surface area contributed by atoms with Gasteiger partial charge < -0.3 is 14.5 Å². The molecule has 0 unspecified atom stereocenters. The van der Waals surface area contributed by atoms with Crippen molar-refractivity contribution in [3.8, 4) is 0 Å². The van der Waals surface area contributed by atoms with Gasteiger partial charge in [0, 0.05) is 29.7 Å². The maximum absolute atomic E-state index is 12.5. The van der Waals surface area contributed by atoms with Crippen LogP contribution in [-0.4, -0.2) is 62.5 Å². The minimum Gasteiger partial charge on any atom is -0.469 e. The summed E-state index contributed by atoms with van der Waals surface area (Å²) >= 11 is 3.36. The molecule has 21 heavy (non-hydrogen) atoms. The molecule has 0 aliphatic carbocycles. The van der Waals surface area contributed by atoms with Crippen LogP contribution in [0.4, 0.5) is 0 Å². The Kier molecular flexibility index (Phi) is 7.39. The first-order chi connectivity index (χ1) is 9.93. The van der Waals surface area contributed by atoms with E-state index in [0.29, 0.717) is 18.7 Å². The molecule has 1 amide bonds. The molecule has 116 valence electrons. The van der Waals surface area contributed by atoms with Crippen molar-refractivity contribution in [1.82, 2.24) is 9.80 Å². The number of nitrogens with zero attached hydrogens (tertiary/aromatic N) is 2. The van der Waals surface area contributed by atoms with Crippen molar-refractivity contribution >= 4 is 27.8 Å². The molecule has 0 saturated carbocycles. The van der Waals surface area contributed by atoms with E-state index in [0.717, 1.165) is 11.0 Å². The number of likely N-dealkylation sites (N-methyl/N-ethyl adjacent to an activating group) is 1. The topological polar surface area (TPSA) is 49.9 Å². The van der Waals surface area contributed by atoms with Gasteiger partial charge >= 0.3 is 5.97 Å². The number of hydrogen-bond donors (Lipinski definition) is 0. The molecular weight excluding hydrogens is 336 g/mol. The summed E-state index contributed by atoms with van der Waals surface area (Å²) in [5.41, 5.74) is 0.605. The lowest BCUT2D eigenvalue weighted by molar-refractivity contribution is -0.140. The van der Waals surface area contributed by atoms with Gasteiger partial charge in [-0.15, -0.1) is 0 Å². The molecule has 0 N–H and O–H groups in total. The van der Waals surface area contributed by atoms with E-state index >= 15 is 0 Å². The van der Waals surface area contributed by atoms with Crippen LogP contribution >= 0.6 is 15.9 Å². The molecule has 6 heteroatoms. The number of rotatable bonds is 7. The van der Waals surface area contributed by atoms with Gasteiger partial charge in [-0.2, -0.15) is 0 Å². The van der Waals surface area contributed by atoms with E-state index in [1.54, 1.807) is 17.0 Å². The molecule has 1 aromatic rings. The van der Waals surface area contributed by atoms with Crippen LogP contribution in [0.15, 0.2) is 28.7 Å². The molecule has 1 aromatic carbocycles. The van der Waals surface area contributed by atoms with Crippen molar-refractivity contribution in [2.75, 3.05) is 40.8 Å². The predicted octanol–water partition coefficient (Wildman–Crippen LogP) is 2.02. The van der Waals surface area contributed by atoms with Gasteiger partial charge in [-0.05, 0) is 32.3 Å². The molecular formula is C15H21BrN2O3. The third kappa shape index (κ3) is 6.27. The molecule has 0 aromatic heterocycles. The summed E-state index contributed by atoms with van der Waals surface area (Å²) in [6.07, 6.45) is 0.198. The van der Waals surface area contributed by atoms with Crippen molar-refractivity contribution in [1.29, 1.82) is 0 Å².